The third kappa shape index (κ3) is 4.14. The maximum atomic E-state index is 10.4. The fourth-order valence-electron chi connectivity index (χ4n) is 1.18. The smallest absolute Gasteiger partial charge is 0.341 e. The standard InChI is InChI=1S/C11H11ClO6/c1-6-2-7(17-4-9(13)14)3-8(11(6)12)18-5-10(15)16/h2-3H,4-5H2,1H3,(H,13,14)(H,15,16). The Morgan fingerprint density at radius 3 is 2.28 bits per heavy atom. The molecule has 0 fully saturated rings. The molecule has 6 nitrogen and oxygen atoms in total. The first-order valence-electron chi connectivity index (χ1n) is 4.89. The first kappa shape index (κ1) is 14.1. The predicted octanol–water partition coefficient (Wildman–Crippen LogP) is 1.58. The Kier molecular flexibility index (Phi) is 4.79. The minimum Gasteiger partial charge on any atom is -0.482 e. The molecule has 0 bridgehead atoms. The second-order valence-electron chi connectivity index (χ2n) is 3.42. The summed E-state index contributed by atoms with van der Waals surface area (Å²) in [5.41, 5.74) is 0.597. The molecule has 7 heteroatoms. The summed E-state index contributed by atoms with van der Waals surface area (Å²) < 4.78 is 9.93. The Morgan fingerprint density at radius 1 is 1.17 bits per heavy atom. The Bertz CT molecular complexity index is 471. The van der Waals surface area contributed by atoms with Gasteiger partial charge in [0.25, 0.3) is 0 Å². The molecule has 0 aliphatic rings. The molecule has 0 aliphatic heterocycles. The van der Waals surface area contributed by atoms with E-state index in [0.29, 0.717) is 5.56 Å². The van der Waals surface area contributed by atoms with Crippen LogP contribution in [0.15, 0.2) is 12.1 Å². The number of aryl methyl sites for hydroxylation is 1. The van der Waals surface area contributed by atoms with Gasteiger partial charge in [0, 0.05) is 6.07 Å². The van der Waals surface area contributed by atoms with Crippen LogP contribution in [0.2, 0.25) is 5.02 Å². The second-order valence-corrected chi connectivity index (χ2v) is 3.80. The summed E-state index contributed by atoms with van der Waals surface area (Å²) in [6.45, 7) is 0.630. The lowest BCUT2D eigenvalue weighted by Crippen LogP contribution is -2.11. The lowest BCUT2D eigenvalue weighted by atomic mass is 10.2. The average molecular weight is 275 g/mol. The van der Waals surface area contributed by atoms with E-state index < -0.39 is 25.2 Å². The number of carboxylic acids is 2. The molecule has 1 rings (SSSR count). The van der Waals surface area contributed by atoms with Crippen molar-refractivity contribution in [3.05, 3.63) is 22.7 Å². The SMILES string of the molecule is Cc1cc(OCC(=O)O)cc(OCC(=O)O)c1Cl. The molecule has 0 spiro atoms. The maximum absolute atomic E-state index is 10.4. The van der Waals surface area contributed by atoms with Crippen LogP contribution in [0.4, 0.5) is 0 Å². The average Bonchev–Trinajstić information content (AvgIpc) is 2.28. The van der Waals surface area contributed by atoms with E-state index in [9.17, 15) is 9.59 Å². The van der Waals surface area contributed by atoms with Crippen molar-refractivity contribution in [1.29, 1.82) is 0 Å². The van der Waals surface area contributed by atoms with Crippen molar-refractivity contribution in [2.75, 3.05) is 13.2 Å². The minimum absolute atomic E-state index is 0.138. The number of rotatable bonds is 6. The van der Waals surface area contributed by atoms with Crippen molar-refractivity contribution in [1.82, 2.24) is 0 Å². The molecule has 0 aromatic heterocycles. The highest BCUT2D eigenvalue weighted by atomic mass is 35.5. The van der Waals surface area contributed by atoms with Crippen LogP contribution in [-0.4, -0.2) is 35.4 Å². The molecule has 1 aromatic carbocycles. The Labute approximate surface area is 108 Å². The van der Waals surface area contributed by atoms with Crippen LogP contribution in [-0.2, 0) is 9.59 Å². The van der Waals surface area contributed by atoms with Crippen molar-refractivity contribution in [3.8, 4) is 11.5 Å². The molecule has 18 heavy (non-hydrogen) atoms. The van der Waals surface area contributed by atoms with Crippen LogP contribution in [0.1, 0.15) is 5.56 Å². The minimum atomic E-state index is -1.14. The number of aliphatic carboxylic acids is 2. The van der Waals surface area contributed by atoms with Gasteiger partial charge in [-0.05, 0) is 18.6 Å². The number of carbonyl (C=O) groups is 2. The molecular formula is C11H11ClO6. The summed E-state index contributed by atoms with van der Waals surface area (Å²) >= 11 is 5.92. The number of halogens is 1. The van der Waals surface area contributed by atoms with Gasteiger partial charge in [-0.3, -0.25) is 0 Å². The number of hydrogen-bond donors (Lipinski definition) is 2. The van der Waals surface area contributed by atoms with Gasteiger partial charge in [-0.15, -0.1) is 0 Å². The van der Waals surface area contributed by atoms with E-state index in [-0.39, 0.29) is 16.5 Å². The fourth-order valence-corrected chi connectivity index (χ4v) is 1.34. The number of hydrogen-bond acceptors (Lipinski definition) is 4. The fraction of sp³-hybridized carbons (Fsp3) is 0.273. The summed E-state index contributed by atoms with van der Waals surface area (Å²) in [5.74, 6) is -1.87. The van der Waals surface area contributed by atoms with Crippen molar-refractivity contribution in [3.63, 3.8) is 0 Å². The van der Waals surface area contributed by atoms with Gasteiger partial charge in [0.15, 0.2) is 13.2 Å². The van der Waals surface area contributed by atoms with Crippen LogP contribution in [0.25, 0.3) is 0 Å². The Hall–Kier alpha value is -1.95. The molecule has 0 radical (unpaired) electrons. The molecule has 0 unspecified atom stereocenters. The summed E-state index contributed by atoms with van der Waals surface area (Å²) in [5, 5.41) is 17.3. The van der Waals surface area contributed by atoms with Crippen LogP contribution < -0.4 is 9.47 Å². The third-order valence-electron chi connectivity index (χ3n) is 1.91. The summed E-state index contributed by atoms with van der Waals surface area (Å²) in [7, 11) is 0. The van der Waals surface area contributed by atoms with Crippen LogP contribution in [0.5, 0.6) is 11.5 Å². The third-order valence-corrected chi connectivity index (χ3v) is 2.39. The summed E-state index contributed by atoms with van der Waals surface area (Å²) in [4.78, 5) is 20.8. The van der Waals surface area contributed by atoms with E-state index in [1.54, 1.807) is 13.0 Å². The molecule has 0 saturated carbocycles. The van der Waals surface area contributed by atoms with Crippen LogP contribution in [0, 0.1) is 6.92 Å². The van der Waals surface area contributed by atoms with Crippen molar-refractivity contribution < 1.29 is 29.3 Å². The number of carboxylic acid groups (broad SMARTS) is 2. The summed E-state index contributed by atoms with van der Waals surface area (Å²) in [6, 6.07) is 2.89. The first-order valence-corrected chi connectivity index (χ1v) is 5.27. The van der Waals surface area contributed by atoms with Gasteiger partial charge in [0.2, 0.25) is 0 Å². The van der Waals surface area contributed by atoms with E-state index in [1.807, 2.05) is 0 Å². The van der Waals surface area contributed by atoms with E-state index in [4.69, 9.17) is 31.3 Å². The zero-order valence-corrected chi connectivity index (χ0v) is 10.2. The van der Waals surface area contributed by atoms with Crippen LogP contribution >= 0.6 is 11.6 Å². The normalized spacial score (nSPS) is 9.89. The van der Waals surface area contributed by atoms with Crippen LogP contribution in [0.3, 0.4) is 0 Å². The molecule has 2 N–H and O–H groups in total. The van der Waals surface area contributed by atoms with Gasteiger partial charge in [-0.1, -0.05) is 11.6 Å². The van der Waals surface area contributed by atoms with E-state index in [2.05, 4.69) is 0 Å². The lowest BCUT2D eigenvalue weighted by molar-refractivity contribution is -0.140. The van der Waals surface area contributed by atoms with Crippen molar-refractivity contribution in [2.45, 2.75) is 6.92 Å². The molecular weight excluding hydrogens is 264 g/mol. The van der Waals surface area contributed by atoms with Gasteiger partial charge < -0.3 is 19.7 Å². The van der Waals surface area contributed by atoms with Crippen molar-refractivity contribution >= 4 is 23.5 Å². The highest BCUT2D eigenvalue weighted by Gasteiger charge is 2.10. The van der Waals surface area contributed by atoms with Gasteiger partial charge in [-0.25, -0.2) is 9.59 Å². The zero-order valence-electron chi connectivity index (χ0n) is 9.47. The number of benzene rings is 1. The first-order chi connectivity index (χ1) is 8.40. The van der Waals surface area contributed by atoms with E-state index in [1.165, 1.54) is 6.07 Å². The molecule has 0 heterocycles. The topological polar surface area (TPSA) is 93.1 Å². The molecule has 98 valence electrons. The molecule has 0 aliphatic carbocycles. The summed E-state index contributed by atoms with van der Waals surface area (Å²) in [6.07, 6.45) is 0. The highest BCUT2D eigenvalue weighted by molar-refractivity contribution is 6.32. The zero-order chi connectivity index (χ0) is 13.7. The largest absolute Gasteiger partial charge is 0.482 e. The van der Waals surface area contributed by atoms with E-state index >= 15 is 0 Å². The Balaban J connectivity index is 2.87. The monoisotopic (exact) mass is 274 g/mol. The molecule has 0 amide bonds. The predicted molar refractivity (Wildman–Crippen MR) is 62.5 cm³/mol. The quantitative estimate of drug-likeness (QED) is 0.818. The van der Waals surface area contributed by atoms with Crippen molar-refractivity contribution in [2.24, 2.45) is 0 Å². The molecule has 0 saturated heterocycles. The number of ether oxygens (including phenoxy) is 2. The Morgan fingerprint density at radius 2 is 1.72 bits per heavy atom. The molecule has 0 atom stereocenters. The maximum Gasteiger partial charge on any atom is 0.341 e. The second kappa shape index (κ2) is 6.11. The van der Waals surface area contributed by atoms with Gasteiger partial charge in [0.05, 0.1) is 5.02 Å². The molecule has 1 aromatic rings. The van der Waals surface area contributed by atoms with Gasteiger partial charge in [0.1, 0.15) is 11.5 Å². The van der Waals surface area contributed by atoms with E-state index in [0.717, 1.165) is 0 Å². The van der Waals surface area contributed by atoms with Gasteiger partial charge in [-0.2, -0.15) is 0 Å². The lowest BCUT2D eigenvalue weighted by Gasteiger charge is -2.11. The highest BCUT2D eigenvalue weighted by Crippen LogP contribution is 2.32. The van der Waals surface area contributed by atoms with Gasteiger partial charge >= 0.3 is 11.9 Å².